The highest BCUT2D eigenvalue weighted by Gasteiger charge is 2.35. The Bertz CT molecular complexity index is 669. The van der Waals surface area contributed by atoms with Crippen LogP contribution in [0.1, 0.15) is 33.4 Å². The fourth-order valence-electron chi connectivity index (χ4n) is 1.62. The largest absolute Gasteiger partial charge is 0.427 e. The summed E-state index contributed by atoms with van der Waals surface area (Å²) in [6.45, 7) is 8.49. The number of aliphatic hydroxyl groups is 1. The van der Waals surface area contributed by atoms with E-state index in [2.05, 4.69) is 9.97 Å². The standard InChI is InChI=1S/C15H19BFN2O2/c1-9-13(17)19-12-10(7-6-8-11(12)18-9)16-21-15(4,5)14(2,3)20/h6-8,20H,1-5H3. The zero-order valence-corrected chi connectivity index (χ0v) is 12.9. The van der Waals surface area contributed by atoms with E-state index in [-0.39, 0.29) is 5.69 Å². The van der Waals surface area contributed by atoms with Crippen LogP contribution in [0.2, 0.25) is 0 Å². The average molecular weight is 289 g/mol. The van der Waals surface area contributed by atoms with Crippen LogP contribution in [-0.4, -0.2) is 33.8 Å². The van der Waals surface area contributed by atoms with Crippen molar-refractivity contribution in [3.8, 4) is 0 Å². The highest BCUT2D eigenvalue weighted by Crippen LogP contribution is 2.24. The van der Waals surface area contributed by atoms with Crippen LogP contribution in [0.4, 0.5) is 4.39 Å². The third-order valence-electron chi connectivity index (χ3n) is 3.80. The molecule has 0 saturated carbocycles. The third-order valence-corrected chi connectivity index (χ3v) is 3.80. The minimum atomic E-state index is -1.03. The third kappa shape index (κ3) is 3.22. The van der Waals surface area contributed by atoms with Crippen molar-refractivity contribution in [1.29, 1.82) is 0 Å². The van der Waals surface area contributed by atoms with Gasteiger partial charge in [-0.1, -0.05) is 12.1 Å². The Morgan fingerprint density at radius 2 is 1.86 bits per heavy atom. The monoisotopic (exact) mass is 289 g/mol. The second kappa shape index (κ2) is 5.35. The number of hydrogen-bond donors (Lipinski definition) is 1. The Morgan fingerprint density at radius 3 is 2.48 bits per heavy atom. The molecule has 1 radical (unpaired) electrons. The predicted molar refractivity (Wildman–Crippen MR) is 81.1 cm³/mol. The molecule has 21 heavy (non-hydrogen) atoms. The van der Waals surface area contributed by atoms with Gasteiger partial charge < -0.3 is 9.76 Å². The topological polar surface area (TPSA) is 55.2 Å². The van der Waals surface area contributed by atoms with Crippen molar-refractivity contribution in [3.63, 3.8) is 0 Å². The zero-order valence-electron chi connectivity index (χ0n) is 12.9. The van der Waals surface area contributed by atoms with E-state index in [1.165, 1.54) is 7.48 Å². The normalized spacial score (nSPS) is 12.7. The average Bonchev–Trinajstić information content (AvgIpc) is 2.36. The van der Waals surface area contributed by atoms with E-state index >= 15 is 0 Å². The predicted octanol–water partition coefficient (Wildman–Crippen LogP) is 1.89. The first kappa shape index (κ1) is 15.9. The summed E-state index contributed by atoms with van der Waals surface area (Å²) >= 11 is 0. The molecule has 0 unspecified atom stereocenters. The molecule has 0 amide bonds. The van der Waals surface area contributed by atoms with Crippen molar-refractivity contribution in [1.82, 2.24) is 9.97 Å². The van der Waals surface area contributed by atoms with Gasteiger partial charge in [0.15, 0.2) is 0 Å². The van der Waals surface area contributed by atoms with Gasteiger partial charge in [-0.25, -0.2) is 9.97 Å². The van der Waals surface area contributed by atoms with E-state index in [0.29, 0.717) is 16.5 Å². The maximum atomic E-state index is 13.6. The van der Waals surface area contributed by atoms with Crippen LogP contribution in [0.15, 0.2) is 18.2 Å². The van der Waals surface area contributed by atoms with Gasteiger partial charge >= 0.3 is 7.48 Å². The van der Waals surface area contributed by atoms with Gasteiger partial charge in [-0.05, 0) is 46.1 Å². The number of aryl methyl sites for hydroxylation is 1. The number of nitrogens with zero attached hydrogens (tertiary/aromatic N) is 2. The number of rotatable bonds is 4. The second-order valence-corrected chi connectivity index (χ2v) is 6.12. The molecule has 111 valence electrons. The zero-order chi connectivity index (χ0) is 15.8. The molecule has 0 spiro atoms. The van der Waals surface area contributed by atoms with Gasteiger partial charge in [0.05, 0.1) is 27.9 Å². The molecule has 0 atom stereocenters. The van der Waals surface area contributed by atoms with E-state index in [9.17, 15) is 9.50 Å². The summed E-state index contributed by atoms with van der Waals surface area (Å²) in [5.74, 6) is -0.593. The molecule has 0 bridgehead atoms. The fourth-order valence-corrected chi connectivity index (χ4v) is 1.62. The Morgan fingerprint density at radius 1 is 1.19 bits per heavy atom. The summed E-state index contributed by atoms with van der Waals surface area (Å²) in [6, 6.07) is 5.35. The lowest BCUT2D eigenvalue weighted by atomic mass is 9.82. The first-order valence-electron chi connectivity index (χ1n) is 6.78. The van der Waals surface area contributed by atoms with Gasteiger partial charge in [0.1, 0.15) is 0 Å². The lowest BCUT2D eigenvalue weighted by Crippen LogP contribution is -2.49. The summed E-state index contributed by atoms with van der Waals surface area (Å²) in [7, 11) is 1.49. The van der Waals surface area contributed by atoms with Gasteiger partial charge in [-0.3, -0.25) is 0 Å². The molecule has 4 nitrogen and oxygen atoms in total. The first-order chi connectivity index (χ1) is 9.62. The van der Waals surface area contributed by atoms with Gasteiger partial charge in [0, 0.05) is 0 Å². The van der Waals surface area contributed by atoms with Crippen LogP contribution < -0.4 is 5.46 Å². The van der Waals surface area contributed by atoms with Gasteiger partial charge in [-0.15, -0.1) is 0 Å². The van der Waals surface area contributed by atoms with E-state index in [1.807, 2.05) is 0 Å². The van der Waals surface area contributed by atoms with E-state index in [4.69, 9.17) is 4.65 Å². The summed E-state index contributed by atoms with van der Waals surface area (Å²) in [4.78, 5) is 8.10. The number of benzene rings is 1. The van der Waals surface area contributed by atoms with Crippen LogP contribution >= 0.6 is 0 Å². The van der Waals surface area contributed by atoms with Crippen molar-refractivity contribution in [2.45, 2.75) is 45.8 Å². The van der Waals surface area contributed by atoms with Crippen LogP contribution in [0.3, 0.4) is 0 Å². The van der Waals surface area contributed by atoms with Crippen molar-refractivity contribution < 1.29 is 14.2 Å². The Hall–Kier alpha value is -1.53. The molecule has 2 rings (SSSR count). The number of halogens is 1. The molecule has 2 aromatic rings. The quantitative estimate of drug-likeness (QED) is 0.873. The number of hydrogen-bond acceptors (Lipinski definition) is 4. The van der Waals surface area contributed by atoms with Crippen molar-refractivity contribution in [2.24, 2.45) is 0 Å². The highest BCUT2D eigenvalue weighted by atomic mass is 19.1. The minimum absolute atomic E-state index is 0.261. The Labute approximate surface area is 124 Å². The van der Waals surface area contributed by atoms with Gasteiger partial charge in [0.2, 0.25) is 5.95 Å². The molecule has 0 aliphatic heterocycles. The molecular weight excluding hydrogens is 270 g/mol. The van der Waals surface area contributed by atoms with Crippen LogP contribution in [-0.2, 0) is 4.65 Å². The molecule has 1 heterocycles. The Balaban J connectivity index is 2.33. The molecule has 6 heteroatoms. The number of aromatic nitrogens is 2. The summed E-state index contributed by atoms with van der Waals surface area (Å²) < 4.78 is 19.3. The summed E-state index contributed by atoms with van der Waals surface area (Å²) in [5, 5.41) is 10.1. The summed E-state index contributed by atoms with van der Waals surface area (Å²) in [5.41, 5.74) is 0.0982. The molecular formula is C15H19BFN2O2. The SMILES string of the molecule is Cc1nc2cccc([B]OC(C)(C)C(C)(C)O)c2nc1F. The molecule has 0 fully saturated rings. The van der Waals surface area contributed by atoms with Gasteiger partial charge in [0.25, 0.3) is 0 Å². The van der Waals surface area contributed by atoms with E-state index in [1.54, 1.807) is 52.8 Å². The fraction of sp³-hybridized carbons (Fsp3) is 0.467. The van der Waals surface area contributed by atoms with E-state index in [0.717, 1.165) is 0 Å². The minimum Gasteiger partial charge on any atom is -0.427 e. The van der Waals surface area contributed by atoms with Crippen LogP contribution in [0.5, 0.6) is 0 Å². The second-order valence-electron chi connectivity index (χ2n) is 6.12. The first-order valence-corrected chi connectivity index (χ1v) is 6.78. The van der Waals surface area contributed by atoms with Crippen LogP contribution in [0, 0.1) is 12.9 Å². The van der Waals surface area contributed by atoms with Gasteiger partial charge in [-0.2, -0.15) is 4.39 Å². The number of fused-ring (bicyclic) bond motifs is 1. The van der Waals surface area contributed by atoms with E-state index < -0.39 is 17.1 Å². The van der Waals surface area contributed by atoms with Crippen molar-refractivity contribution >= 4 is 24.0 Å². The van der Waals surface area contributed by atoms with Crippen LogP contribution in [0.25, 0.3) is 11.0 Å². The lowest BCUT2D eigenvalue weighted by Gasteiger charge is -2.37. The molecule has 1 aromatic carbocycles. The molecule has 1 N–H and O–H groups in total. The molecule has 0 aliphatic rings. The number of para-hydroxylation sites is 1. The van der Waals surface area contributed by atoms with Crippen molar-refractivity contribution in [3.05, 3.63) is 29.8 Å². The lowest BCUT2D eigenvalue weighted by molar-refractivity contribution is -0.0893. The maximum Gasteiger partial charge on any atom is 0.333 e. The van der Waals surface area contributed by atoms with Crippen molar-refractivity contribution in [2.75, 3.05) is 0 Å². The molecule has 0 aliphatic carbocycles. The highest BCUT2D eigenvalue weighted by molar-refractivity contribution is 6.51. The molecule has 1 aromatic heterocycles. The smallest absolute Gasteiger partial charge is 0.333 e. The molecule has 0 saturated heterocycles. The maximum absolute atomic E-state index is 13.6. The summed E-state index contributed by atoms with van der Waals surface area (Å²) in [6.07, 6.45) is 0. The Kier molecular flexibility index (Phi) is 4.04.